The molecule has 1 fully saturated rings. The minimum atomic E-state index is -4.34. The highest BCUT2D eigenvalue weighted by Gasteiger charge is 2.30. The molecule has 0 amide bonds. The second-order valence-corrected chi connectivity index (χ2v) is 10.5. The minimum Gasteiger partial charge on any atom is -0.460 e. The molecule has 3 heterocycles. The first kappa shape index (κ1) is 26.0. The normalized spacial score (nSPS) is 22.8. The first-order chi connectivity index (χ1) is 16.7. The maximum absolute atomic E-state index is 12.4. The van der Waals surface area contributed by atoms with E-state index in [0.717, 1.165) is 68.0 Å². The average molecular weight is 515 g/mol. The summed E-state index contributed by atoms with van der Waals surface area (Å²) in [5.74, 6) is 1.11. The van der Waals surface area contributed by atoms with Gasteiger partial charge in [-0.2, -0.15) is 28.2 Å². The van der Waals surface area contributed by atoms with Crippen LogP contribution in [0.3, 0.4) is 0 Å². The van der Waals surface area contributed by atoms with Crippen LogP contribution in [0.1, 0.15) is 48.4 Å². The van der Waals surface area contributed by atoms with Crippen molar-refractivity contribution >= 4 is 17.6 Å². The largest absolute Gasteiger partial charge is 0.460 e. The SMILES string of the molecule is Cn1ncc(CC(O)N=CC2CCC(CCN3CCc4nc(OCC(F)(F)F)sc4CC3)CC2)n1. The van der Waals surface area contributed by atoms with E-state index in [4.69, 9.17) is 4.74 Å². The van der Waals surface area contributed by atoms with Gasteiger partial charge in [-0.1, -0.05) is 11.3 Å². The molecule has 1 N–H and O–H groups in total. The van der Waals surface area contributed by atoms with Crippen LogP contribution in [0.4, 0.5) is 13.2 Å². The van der Waals surface area contributed by atoms with Gasteiger partial charge in [-0.05, 0) is 56.9 Å². The predicted molar refractivity (Wildman–Crippen MR) is 127 cm³/mol. The van der Waals surface area contributed by atoms with Crippen LogP contribution in [0.25, 0.3) is 0 Å². The number of hydrogen-bond acceptors (Lipinski definition) is 8. The molecule has 1 saturated carbocycles. The number of halogens is 3. The van der Waals surface area contributed by atoms with Crippen molar-refractivity contribution < 1.29 is 23.0 Å². The molecular weight excluding hydrogens is 481 g/mol. The number of aliphatic hydroxyl groups excluding tert-OH is 1. The second kappa shape index (κ2) is 11.8. The Bertz CT molecular complexity index is 945. The third-order valence-corrected chi connectivity index (χ3v) is 7.76. The lowest BCUT2D eigenvalue weighted by atomic mass is 9.81. The molecule has 35 heavy (non-hydrogen) atoms. The number of fused-ring (bicyclic) bond motifs is 1. The van der Waals surface area contributed by atoms with Gasteiger partial charge in [0, 0.05) is 44.1 Å². The first-order valence-corrected chi connectivity index (χ1v) is 13.0. The summed E-state index contributed by atoms with van der Waals surface area (Å²) in [5, 5.41) is 18.4. The lowest BCUT2D eigenvalue weighted by Crippen LogP contribution is -2.29. The van der Waals surface area contributed by atoms with Crippen molar-refractivity contribution in [3.8, 4) is 5.19 Å². The van der Waals surface area contributed by atoms with Gasteiger partial charge in [-0.3, -0.25) is 4.99 Å². The van der Waals surface area contributed by atoms with E-state index in [2.05, 4.69) is 25.1 Å². The highest BCUT2D eigenvalue weighted by molar-refractivity contribution is 7.13. The van der Waals surface area contributed by atoms with Crippen LogP contribution in [0, 0.1) is 11.8 Å². The van der Waals surface area contributed by atoms with Crippen molar-refractivity contribution in [1.82, 2.24) is 24.9 Å². The van der Waals surface area contributed by atoms with Gasteiger partial charge in [0.25, 0.3) is 5.19 Å². The van der Waals surface area contributed by atoms with Crippen LogP contribution in [0.2, 0.25) is 0 Å². The summed E-state index contributed by atoms with van der Waals surface area (Å²) in [7, 11) is 1.75. The van der Waals surface area contributed by atoms with Gasteiger partial charge >= 0.3 is 6.18 Å². The second-order valence-electron chi connectivity index (χ2n) is 9.47. The summed E-state index contributed by atoms with van der Waals surface area (Å²) in [6, 6.07) is 0. The molecule has 0 bridgehead atoms. The summed E-state index contributed by atoms with van der Waals surface area (Å²) in [5.41, 5.74) is 1.62. The first-order valence-electron chi connectivity index (χ1n) is 12.2. The van der Waals surface area contributed by atoms with Crippen molar-refractivity contribution in [2.45, 2.75) is 63.8 Å². The summed E-state index contributed by atoms with van der Waals surface area (Å²) in [6.45, 7) is 1.52. The molecule has 12 heteroatoms. The Labute approximate surface area is 207 Å². The molecule has 2 aromatic rings. The van der Waals surface area contributed by atoms with Gasteiger partial charge in [0.15, 0.2) is 6.61 Å². The quantitative estimate of drug-likeness (QED) is 0.516. The molecule has 0 spiro atoms. The Kier molecular flexibility index (Phi) is 8.77. The summed E-state index contributed by atoms with van der Waals surface area (Å²) in [6.07, 6.45) is 6.05. The molecule has 0 saturated heterocycles. The van der Waals surface area contributed by atoms with Gasteiger partial charge in [0.2, 0.25) is 0 Å². The van der Waals surface area contributed by atoms with Crippen molar-refractivity contribution in [3.63, 3.8) is 0 Å². The summed E-state index contributed by atoms with van der Waals surface area (Å²) >= 11 is 1.25. The fourth-order valence-corrected chi connectivity index (χ4v) is 5.69. The van der Waals surface area contributed by atoms with Crippen LogP contribution >= 0.6 is 11.3 Å². The molecule has 0 radical (unpaired) electrons. The molecule has 1 aliphatic heterocycles. The fraction of sp³-hybridized carbons (Fsp3) is 0.739. The van der Waals surface area contributed by atoms with E-state index in [9.17, 15) is 18.3 Å². The van der Waals surface area contributed by atoms with Gasteiger partial charge < -0.3 is 14.7 Å². The van der Waals surface area contributed by atoms with Crippen molar-refractivity contribution in [1.29, 1.82) is 0 Å². The molecular formula is C23H33F3N6O2S. The lowest BCUT2D eigenvalue weighted by molar-refractivity contribution is -0.153. The zero-order valence-corrected chi connectivity index (χ0v) is 20.8. The third kappa shape index (κ3) is 8.25. The van der Waals surface area contributed by atoms with E-state index in [1.165, 1.54) is 29.0 Å². The van der Waals surface area contributed by atoms with Crippen LogP contribution in [0.15, 0.2) is 11.2 Å². The van der Waals surface area contributed by atoms with Gasteiger partial charge in [-0.15, -0.1) is 0 Å². The molecule has 1 unspecified atom stereocenters. The van der Waals surface area contributed by atoms with E-state index >= 15 is 0 Å². The minimum absolute atomic E-state index is 0.127. The maximum Gasteiger partial charge on any atom is 0.422 e. The highest BCUT2D eigenvalue weighted by Crippen LogP contribution is 2.32. The molecule has 0 aromatic carbocycles. The number of hydrogen-bond donors (Lipinski definition) is 1. The molecule has 2 aliphatic rings. The molecule has 1 atom stereocenters. The van der Waals surface area contributed by atoms with E-state index in [-0.39, 0.29) is 5.19 Å². The van der Waals surface area contributed by atoms with Gasteiger partial charge in [0.05, 0.1) is 17.6 Å². The smallest absolute Gasteiger partial charge is 0.422 e. The molecule has 1 aliphatic carbocycles. The number of aliphatic imine (C=N–C) groups is 1. The number of rotatable bonds is 9. The fourth-order valence-electron chi connectivity index (χ4n) is 4.75. The number of aromatic nitrogens is 4. The number of ether oxygens (including phenoxy) is 1. The van der Waals surface area contributed by atoms with E-state index < -0.39 is 19.0 Å². The third-order valence-electron chi connectivity index (χ3n) is 6.69. The van der Waals surface area contributed by atoms with Crippen LogP contribution < -0.4 is 4.74 Å². The van der Waals surface area contributed by atoms with E-state index in [1.807, 2.05) is 6.21 Å². The van der Waals surface area contributed by atoms with Crippen molar-refractivity contribution in [3.05, 3.63) is 22.5 Å². The average Bonchev–Trinajstić information content (AvgIpc) is 3.36. The topological polar surface area (TPSA) is 88.7 Å². The lowest BCUT2D eigenvalue weighted by Gasteiger charge is -2.29. The summed E-state index contributed by atoms with van der Waals surface area (Å²) < 4.78 is 41.9. The number of aryl methyl sites for hydroxylation is 1. The molecule has 8 nitrogen and oxygen atoms in total. The van der Waals surface area contributed by atoms with E-state index in [0.29, 0.717) is 18.3 Å². The van der Waals surface area contributed by atoms with Crippen LogP contribution in [-0.2, 0) is 26.3 Å². The van der Waals surface area contributed by atoms with Crippen molar-refractivity contribution in [2.24, 2.45) is 23.9 Å². The Hall–Kier alpha value is -2.05. The molecule has 2 aromatic heterocycles. The summed E-state index contributed by atoms with van der Waals surface area (Å²) in [4.78, 5) is 13.6. The number of alkyl halides is 3. The highest BCUT2D eigenvalue weighted by atomic mass is 32.1. The van der Waals surface area contributed by atoms with Crippen LogP contribution in [-0.4, -0.2) is 74.8 Å². The number of thiazole rings is 1. The molecule has 4 rings (SSSR count). The zero-order chi connectivity index (χ0) is 24.8. The van der Waals surface area contributed by atoms with Crippen LogP contribution in [0.5, 0.6) is 5.19 Å². The number of nitrogens with zero attached hydrogens (tertiary/aromatic N) is 6. The Morgan fingerprint density at radius 3 is 2.74 bits per heavy atom. The maximum atomic E-state index is 12.4. The van der Waals surface area contributed by atoms with Gasteiger partial charge in [-0.25, -0.2) is 4.98 Å². The standard InChI is InChI=1S/C23H33F3N6O2S/c1-31-28-14-18(30-31)12-21(33)27-13-17-4-2-16(3-5-17)6-9-32-10-7-19-20(8-11-32)35-22(29-19)34-15-23(24,25)26/h13-14,16-17,21,33H,2-12,15H2,1H3. The van der Waals surface area contributed by atoms with Crippen molar-refractivity contribution in [2.75, 3.05) is 26.2 Å². The Morgan fingerprint density at radius 2 is 2.03 bits per heavy atom. The number of aliphatic hydroxyl groups is 1. The molecule has 194 valence electrons. The Balaban J connectivity index is 1.13. The van der Waals surface area contributed by atoms with E-state index in [1.54, 1.807) is 13.2 Å². The van der Waals surface area contributed by atoms with Gasteiger partial charge in [0.1, 0.15) is 6.23 Å². The zero-order valence-electron chi connectivity index (χ0n) is 20.0. The Morgan fingerprint density at radius 1 is 1.26 bits per heavy atom. The predicted octanol–water partition coefficient (Wildman–Crippen LogP) is 3.44. The monoisotopic (exact) mass is 514 g/mol.